The first-order valence-electron chi connectivity index (χ1n) is 5.81. The number of piperidine rings is 1. The quantitative estimate of drug-likeness (QED) is 0.688. The SMILES string of the molecule is CNCC1CCCN(C(=O)CCCO)C1. The molecule has 2 N–H and O–H groups in total. The van der Waals surface area contributed by atoms with Crippen molar-refractivity contribution in [3.05, 3.63) is 0 Å². The van der Waals surface area contributed by atoms with Gasteiger partial charge in [0.15, 0.2) is 0 Å². The summed E-state index contributed by atoms with van der Waals surface area (Å²) in [6.07, 6.45) is 3.40. The van der Waals surface area contributed by atoms with Crippen LogP contribution in [0.4, 0.5) is 0 Å². The third kappa shape index (κ3) is 4.18. The Hall–Kier alpha value is -0.610. The summed E-state index contributed by atoms with van der Waals surface area (Å²) in [4.78, 5) is 13.6. The minimum atomic E-state index is 0.111. The average molecular weight is 214 g/mol. The lowest BCUT2D eigenvalue weighted by molar-refractivity contribution is -0.133. The van der Waals surface area contributed by atoms with Gasteiger partial charge in [0.2, 0.25) is 5.91 Å². The molecule has 1 heterocycles. The maximum absolute atomic E-state index is 11.7. The summed E-state index contributed by atoms with van der Waals surface area (Å²) < 4.78 is 0. The second kappa shape index (κ2) is 6.80. The molecule has 1 amide bonds. The molecule has 0 aromatic carbocycles. The molecule has 1 aliphatic heterocycles. The Morgan fingerprint density at radius 1 is 1.60 bits per heavy atom. The zero-order chi connectivity index (χ0) is 11.1. The van der Waals surface area contributed by atoms with E-state index in [-0.39, 0.29) is 12.5 Å². The topological polar surface area (TPSA) is 52.6 Å². The number of hydrogen-bond acceptors (Lipinski definition) is 3. The third-order valence-corrected chi connectivity index (χ3v) is 2.91. The average Bonchev–Trinajstić information content (AvgIpc) is 2.27. The second-order valence-corrected chi connectivity index (χ2v) is 4.23. The van der Waals surface area contributed by atoms with E-state index in [9.17, 15) is 4.79 Å². The van der Waals surface area contributed by atoms with Crippen molar-refractivity contribution in [2.24, 2.45) is 5.92 Å². The summed E-state index contributed by atoms with van der Waals surface area (Å²) in [5, 5.41) is 11.8. The van der Waals surface area contributed by atoms with Crippen molar-refractivity contribution in [3.63, 3.8) is 0 Å². The first-order valence-corrected chi connectivity index (χ1v) is 5.81. The normalized spacial score (nSPS) is 21.7. The molecule has 0 aromatic rings. The van der Waals surface area contributed by atoms with Gasteiger partial charge in [0.1, 0.15) is 0 Å². The maximum Gasteiger partial charge on any atom is 0.222 e. The van der Waals surface area contributed by atoms with Gasteiger partial charge < -0.3 is 15.3 Å². The number of aliphatic hydroxyl groups excluding tert-OH is 1. The Morgan fingerprint density at radius 2 is 2.40 bits per heavy atom. The molecule has 1 rings (SSSR count). The van der Waals surface area contributed by atoms with Gasteiger partial charge in [0.05, 0.1) is 0 Å². The van der Waals surface area contributed by atoms with Crippen LogP contribution in [0.2, 0.25) is 0 Å². The first kappa shape index (κ1) is 12.5. The molecule has 0 saturated carbocycles. The van der Waals surface area contributed by atoms with Gasteiger partial charge in [0.25, 0.3) is 0 Å². The largest absolute Gasteiger partial charge is 0.396 e. The summed E-state index contributed by atoms with van der Waals surface area (Å²) >= 11 is 0. The molecular weight excluding hydrogens is 192 g/mol. The molecule has 4 nitrogen and oxygen atoms in total. The Labute approximate surface area is 91.6 Å². The van der Waals surface area contributed by atoms with E-state index in [2.05, 4.69) is 5.32 Å². The fourth-order valence-corrected chi connectivity index (χ4v) is 2.14. The highest BCUT2D eigenvalue weighted by atomic mass is 16.3. The predicted molar refractivity (Wildman–Crippen MR) is 59.6 cm³/mol. The molecular formula is C11H22N2O2. The van der Waals surface area contributed by atoms with Crippen LogP contribution in [0.15, 0.2) is 0 Å². The van der Waals surface area contributed by atoms with E-state index in [4.69, 9.17) is 5.11 Å². The van der Waals surface area contributed by atoms with Crippen LogP contribution in [0.1, 0.15) is 25.7 Å². The molecule has 1 fully saturated rings. The lowest BCUT2D eigenvalue weighted by atomic mass is 9.97. The van der Waals surface area contributed by atoms with E-state index in [1.807, 2.05) is 11.9 Å². The fraction of sp³-hybridized carbons (Fsp3) is 0.909. The van der Waals surface area contributed by atoms with Crippen LogP contribution in [0.3, 0.4) is 0 Å². The lowest BCUT2D eigenvalue weighted by Crippen LogP contribution is -2.42. The van der Waals surface area contributed by atoms with Crippen LogP contribution in [-0.4, -0.2) is 49.2 Å². The van der Waals surface area contributed by atoms with Gasteiger partial charge in [-0.3, -0.25) is 4.79 Å². The maximum atomic E-state index is 11.7. The molecule has 0 aliphatic carbocycles. The fourth-order valence-electron chi connectivity index (χ4n) is 2.14. The van der Waals surface area contributed by atoms with Crippen molar-refractivity contribution < 1.29 is 9.90 Å². The molecule has 0 radical (unpaired) electrons. The molecule has 88 valence electrons. The van der Waals surface area contributed by atoms with Crippen molar-refractivity contribution in [2.45, 2.75) is 25.7 Å². The van der Waals surface area contributed by atoms with Gasteiger partial charge in [0, 0.05) is 26.1 Å². The molecule has 1 atom stereocenters. The number of rotatable bonds is 5. The summed E-state index contributed by atoms with van der Waals surface area (Å²) in [7, 11) is 1.95. The van der Waals surface area contributed by atoms with E-state index in [0.717, 1.165) is 26.1 Å². The van der Waals surface area contributed by atoms with Crippen molar-refractivity contribution in [1.82, 2.24) is 10.2 Å². The number of aliphatic hydroxyl groups is 1. The van der Waals surface area contributed by atoms with Gasteiger partial charge in [-0.25, -0.2) is 0 Å². The predicted octanol–water partition coefficient (Wildman–Crippen LogP) is 0.217. The van der Waals surface area contributed by atoms with Crippen molar-refractivity contribution >= 4 is 5.91 Å². The summed E-state index contributed by atoms with van der Waals surface area (Å²) in [6.45, 7) is 2.87. The number of nitrogens with zero attached hydrogens (tertiary/aromatic N) is 1. The Kier molecular flexibility index (Phi) is 5.65. The number of carbonyl (C=O) groups is 1. The molecule has 0 bridgehead atoms. The zero-order valence-corrected chi connectivity index (χ0v) is 9.54. The van der Waals surface area contributed by atoms with Crippen LogP contribution < -0.4 is 5.32 Å². The summed E-state index contributed by atoms with van der Waals surface area (Å²) in [6, 6.07) is 0. The number of likely N-dealkylation sites (tertiary alicyclic amines) is 1. The van der Waals surface area contributed by atoms with E-state index in [1.165, 1.54) is 6.42 Å². The summed E-state index contributed by atoms with van der Waals surface area (Å²) in [5.41, 5.74) is 0. The number of carbonyl (C=O) groups excluding carboxylic acids is 1. The Balaban J connectivity index is 2.31. The molecule has 15 heavy (non-hydrogen) atoms. The monoisotopic (exact) mass is 214 g/mol. The molecule has 4 heteroatoms. The van der Waals surface area contributed by atoms with Crippen molar-refractivity contribution in [2.75, 3.05) is 33.3 Å². The van der Waals surface area contributed by atoms with Gasteiger partial charge >= 0.3 is 0 Å². The van der Waals surface area contributed by atoms with E-state index < -0.39 is 0 Å². The van der Waals surface area contributed by atoms with Gasteiger partial charge in [-0.2, -0.15) is 0 Å². The number of hydrogen-bond donors (Lipinski definition) is 2. The standard InChI is InChI=1S/C11H22N2O2/c1-12-8-10-4-2-6-13(9-10)11(15)5-3-7-14/h10,12,14H,2-9H2,1H3. The second-order valence-electron chi connectivity index (χ2n) is 4.23. The number of nitrogens with one attached hydrogen (secondary N) is 1. The molecule has 0 spiro atoms. The minimum absolute atomic E-state index is 0.111. The molecule has 1 aliphatic rings. The van der Waals surface area contributed by atoms with E-state index in [0.29, 0.717) is 18.8 Å². The first-order chi connectivity index (χ1) is 7.27. The van der Waals surface area contributed by atoms with Crippen LogP contribution in [-0.2, 0) is 4.79 Å². The number of amides is 1. The lowest BCUT2D eigenvalue weighted by Gasteiger charge is -2.32. The molecule has 0 aromatic heterocycles. The van der Waals surface area contributed by atoms with Crippen LogP contribution in [0, 0.1) is 5.92 Å². The molecule has 1 unspecified atom stereocenters. The van der Waals surface area contributed by atoms with E-state index in [1.54, 1.807) is 0 Å². The smallest absolute Gasteiger partial charge is 0.222 e. The Morgan fingerprint density at radius 3 is 3.07 bits per heavy atom. The highest BCUT2D eigenvalue weighted by Gasteiger charge is 2.22. The highest BCUT2D eigenvalue weighted by Crippen LogP contribution is 2.16. The van der Waals surface area contributed by atoms with Crippen molar-refractivity contribution in [3.8, 4) is 0 Å². The highest BCUT2D eigenvalue weighted by molar-refractivity contribution is 5.76. The van der Waals surface area contributed by atoms with Gasteiger partial charge in [-0.15, -0.1) is 0 Å². The van der Waals surface area contributed by atoms with Gasteiger partial charge in [-0.05, 0) is 38.8 Å². The minimum Gasteiger partial charge on any atom is -0.396 e. The van der Waals surface area contributed by atoms with Crippen molar-refractivity contribution in [1.29, 1.82) is 0 Å². The third-order valence-electron chi connectivity index (χ3n) is 2.91. The van der Waals surface area contributed by atoms with Crippen LogP contribution in [0.25, 0.3) is 0 Å². The van der Waals surface area contributed by atoms with Crippen LogP contribution in [0.5, 0.6) is 0 Å². The Bertz CT molecular complexity index is 195. The van der Waals surface area contributed by atoms with Crippen LogP contribution >= 0.6 is 0 Å². The zero-order valence-electron chi connectivity index (χ0n) is 9.54. The van der Waals surface area contributed by atoms with Gasteiger partial charge in [-0.1, -0.05) is 0 Å². The van der Waals surface area contributed by atoms with E-state index >= 15 is 0 Å². The summed E-state index contributed by atoms with van der Waals surface area (Å²) in [5.74, 6) is 0.798. The molecule has 1 saturated heterocycles.